The van der Waals surface area contributed by atoms with Crippen molar-refractivity contribution in [3.8, 4) is 18.0 Å². The highest BCUT2D eigenvalue weighted by Crippen LogP contribution is 2.40. The van der Waals surface area contributed by atoms with E-state index in [2.05, 4.69) is 26.7 Å². The van der Waals surface area contributed by atoms with Crippen LogP contribution in [0.15, 0.2) is 53.5 Å². The molecule has 2 aromatic carbocycles. The van der Waals surface area contributed by atoms with Gasteiger partial charge in [0.25, 0.3) is 0 Å². The summed E-state index contributed by atoms with van der Waals surface area (Å²) in [7, 11) is 0. The molecular formula is C23H20N8O. The first-order valence-corrected chi connectivity index (χ1v) is 9.77. The van der Waals surface area contributed by atoms with Crippen LogP contribution in [0.1, 0.15) is 33.9 Å². The van der Waals surface area contributed by atoms with Gasteiger partial charge in [0.15, 0.2) is 6.19 Å². The summed E-state index contributed by atoms with van der Waals surface area (Å²) in [6, 6.07) is 16.9. The van der Waals surface area contributed by atoms with Gasteiger partial charge in [0.1, 0.15) is 41.7 Å². The number of hydrogen-bond donors (Lipinski definition) is 4. The van der Waals surface area contributed by atoms with Gasteiger partial charge in [-0.2, -0.15) is 10.5 Å². The Kier molecular flexibility index (Phi) is 5.47. The predicted molar refractivity (Wildman–Crippen MR) is 121 cm³/mol. The number of nitrogens with one attached hydrogen (secondary N) is 2. The van der Waals surface area contributed by atoms with Crippen molar-refractivity contribution in [2.75, 3.05) is 16.8 Å². The summed E-state index contributed by atoms with van der Waals surface area (Å²) < 4.78 is 5.89. The van der Waals surface area contributed by atoms with Crippen molar-refractivity contribution in [2.24, 2.45) is 4.99 Å². The van der Waals surface area contributed by atoms with Crippen LogP contribution < -0.4 is 26.8 Å². The van der Waals surface area contributed by atoms with Crippen LogP contribution in [0.4, 0.5) is 17.3 Å². The van der Waals surface area contributed by atoms with Crippen LogP contribution in [0.3, 0.4) is 0 Å². The normalized spacial score (nSPS) is 14.2. The molecule has 0 aliphatic carbocycles. The number of guanidine groups is 1. The summed E-state index contributed by atoms with van der Waals surface area (Å²) in [6.07, 6.45) is 1.83. The molecule has 1 aliphatic rings. The first-order chi connectivity index (χ1) is 15.5. The van der Waals surface area contributed by atoms with Crippen molar-refractivity contribution in [3.05, 3.63) is 76.3 Å². The molecule has 158 valence electrons. The van der Waals surface area contributed by atoms with Crippen molar-refractivity contribution in [2.45, 2.75) is 19.6 Å². The Morgan fingerprint density at radius 3 is 2.62 bits per heavy atom. The zero-order chi connectivity index (χ0) is 22.7. The number of nitriles is 2. The average molecular weight is 424 g/mol. The number of anilines is 3. The number of nitrogens with two attached hydrogens (primary N) is 2. The Bertz CT molecular complexity index is 1290. The maximum atomic E-state index is 9.42. The van der Waals surface area contributed by atoms with Crippen molar-refractivity contribution in [1.82, 2.24) is 10.3 Å². The predicted octanol–water partition coefficient (Wildman–Crippen LogP) is 2.95. The van der Waals surface area contributed by atoms with Crippen molar-refractivity contribution >= 4 is 23.3 Å². The van der Waals surface area contributed by atoms with Crippen LogP contribution in [0, 0.1) is 29.7 Å². The van der Waals surface area contributed by atoms with E-state index in [1.807, 2.05) is 61.7 Å². The molecule has 1 aromatic heterocycles. The first kappa shape index (κ1) is 20.5. The van der Waals surface area contributed by atoms with Crippen LogP contribution in [0.2, 0.25) is 0 Å². The van der Waals surface area contributed by atoms with Gasteiger partial charge in [0.2, 0.25) is 5.96 Å². The second-order valence-corrected chi connectivity index (χ2v) is 7.25. The molecule has 0 amide bonds. The van der Waals surface area contributed by atoms with E-state index in [1.54, 1.807) is 0 Å². The fourth-order valence-corrected chi connectivity index (χ4v) is 3.54. The maximum absolute atomic E-state index is 9.42. The van der Waals surface area contributed by atoms with E-state index in [4.69, 9.17) is 21.5 Å². The molecule has 1 aliphatic heterocycles. The van der Waals surface area contributed by atoms with Crippen molar-refractivity contribution in [1.29, 1.82) is 10.5 Å². The fraction of sp³-hybridized carbons (Fsp3) is 0.130. The highest BCUT2D eigenvalue weighted by Gasteiger charge is 2.29. The zero-order valence-corrected chi connectivity index (χ0v) is 17.3. The number of fused-ring (bicyclic) bond motifs is 1. The Morgan fingerprint density at radius 1 is 1.16 bits per heavy atom. The smallest absolute Gasteiger partial charge is 0.211 e. The van der Waals surface area contributed by atoms with Crippen LogP contribution >= 0.6 is 0 Å². The lowest BCUT2D eigenvalue weighted by molar-refractivity contribution is 0.306. The highest BCUT2D eigenvalue weighted by atomic mass is 16.5. The minimum atomic E-state index is -0.590. The van der Waals surface area contributed by atoms with Gasteiger partial charge in [-0.3, -0.25) is 5.32 Å². The number of nitrogen functional groups attached to an aromatic ring is 2. The third-order valence-corrected chi connectivity index (χ3v) is 5.04. The average Bonchev–Trinajstić information content (AvgIpc) is 2.78. The second kappa shape index (κ2) is 8.54. The standard InChI is InChI=1S/C23H20N8O/c1-13-3-2-4-14(9-13)11-32-16-7-5-15(6-8-16)20-18-19(26)17(10-24)21(27)30-22(18)31-23(29-20)28-12-25/h2-9,20H,11H2,1H3,(H6,26,27,28,29,30,31). The van der Waals surface area contributed by atoms with Gasteiger partial charge in [-0.15, -0.1) is 0 Å². The summed E-state index contributed by atoms with van der Waals surface area (Å²) in [4.78, 5) is 8.79. The molecule has 4 rings (SSSR count). The molecule has 1 atom stereocenters. The minimum Gasteiger partial charge on any atom is -0.489 e. The number of nitrogens with zero attached hydrogens (tertiary/aromatic N) is 4. The lowest BCUT2D eigenvalue weighted by Crippen LogP contribution is -2.32. The number of aliphatic imine (C=N–C) groups is 1. The molecule has 3 aromatic rings. The number of hydrogen-bond acceptors (Lipinski definition) is 9. The van der Waals surface area contributed by atoms with E-state index >= 15 is 0 Å². The van der Waals surface area contributed by atoms with Gasteiger partial charge in [0, 0.05) is 5.56 Å². The van der Waals surface area contributed by atoms with Crippen molar-refractivity contribution < 1.29 is 4.74 Å². The molecule has 6 N–H and O–H groups in total. The van der Waals surface area contributed by atoms with E-state index < -0.39 is 6.04 Å². The van der Waals surface area contributed by atoms with Gasteiger partial charge >= 0.3 is 0 Å². The Hall–Kier alpha value is -4.76. The third kappa shape index (κ3) is 3.95. The second-order valence-electron chi connectivity index (χ2n) is 7.25. The molecule has 0 saturated heterocycles. The number of aromatic nitrogens is 1. The van der Waals surface area contributed by atoms with E-state index in [1.165, 1.54) is 5.56 Å². The largest absolute Gasteiger partial charge is 0.489 e. The van der Waals surface area contributed by atoms with Gasteiger partial charge in [0.05, 0.1) is 5.69 Å². The summed E-state index contributed by atoms with van der Waals surface area (Å²) in [6.45, 7) is 2.49. The molecule has 2 heterocycles. The Labute approximate surface area is 185 Å². The molecule has 0 bridgehead atoms. The first-order valence-electron chi connectivity index (χ1n) is 9.77. The Morgan fingerprint density at radius 2 is 1.94 bits per heavy atom. The van der Waals surface area contributed by atoms with E-state index in [9.17, 15) is 5.26 Å². The fourth-order valence-electron chi connectivity index (χ4n) is 3.54. The summed E-state index contributed by atoms with van der Waals surface area (Å²) in [5, 5.41) is 23.8. The SMILES string of the molecule is Cc1cccc(COc2ccc(C3N=C(NC#N)Nc4nc(N)c(C#N)c(N)c43)cc2)c1. The molecule has 1 unspecified atom stereocenters. The number of aryl methyl sites for hydroxylation is 1. The highest BCUT2D eigenvalue weighted by molar-refractivity contribution is 5.98. The quantitative estimate of drug-likeness (QED) is 0.367. The van der Waals surface area contributed by atoms with Gasteiger partial charge in [-0.1, -0.05) is 42.0 Å². The van der Waals surface area contributed by atoms with Crippen LogP contribution in [0.25, 0.3) is 0 Å². The van der Waals surface area contributed by atoms with Gasteiger partial charge < -0.3 is 21.5 Å². The number of benzene rings is 2. The molecule has 0 radical (unpaired) electrons. The molecule has 9 nitrogen and oxygen atoms in total. The molecule has 9 heteroatoms. The number of pyridine rings is 1. The summed E-state index contributed by atoms with van der Waals surface area (Å²) in [5.74, 6) is 1.26. The summed E-state index contributed by atoms with van der Waals surface area (Å²) >= 11 is 0. The molecule has 0 fully saturated rings. The minimum absolute atomic E-state index is 0.00750. The van der Waals surface area contributed by atoms with Gasteiger partial charge in [-0.25, -0.2) is 9.98 Å². The van der Waals surface area contributed by atoms with Crippen LogP contribution in [-0.4, -0.2) is 10.9 Å². The molecule has 32 heavy (non-hydrogen) atoms. The van der Waals surface area contributed by atoms with E-state index in [0.29, 0.717) is 23.7 Å². The maximum Gasteiger partial charge on any atom is 0.211 e. The Balaban J connectivity index is 1.65. The lowest BCUT2D eigenvalue weighted by atomic mass is 9.95. The number of rotatable bonds is 4. The van der Waals surface area contributed by atoms with Gasteiger partial charge in [-0.05, 0) is 30.2 Å². The number of ether oxygens (including phenoxy) is 1. The van der Waals surface area contributed by atoms with E-state index in [0.717, 1.165) is 11.1 Å². The monoisotopic (exact) mass is 424 g/mol. The lowest BCUT2D eigenvalue weighted by Gasteiger charge is -2.26. The molecular weight excluding hydrogens is 404 g/mol. The zero-order valence-electron chi connectivity index (χ0n) is 17.3. The van der Waals surface area contributed by atoms with E-state index in [-0.39, 0.29) is 23.0 Å². The van der Waals surface area contributed by atoms with Crippen LogP contribution in [-0.2, 0) is 6.61 Å². The summed E-state index contributed by atoms with van der Waals surface area (Å²) in [5.41, 5.74) is 16.0. The third-order valence-electron chi connectivity index (χ3n) is 5.04. The molecule has 0 spiro atoms. The van der Waals surface area contributed by atoms with Crippen molar-refractivity contribution in [3.63, 3.8) is 0 Å². The molecule has 0 saturated carbocycles. The van der Waals surface area contributed by atoms with Crippen LogP contribution in [0.5, 0.6) is 5.75 Å². The topological polar surface area (TPSA) is 158 Å².